The smallest absolute Gasteiger partial charge is 0.257 e. The van der Waals surface area contributed by atoms with E-state index in [0.717, 1.165) is 0 Å². The Kier molecular flexibility index (Phi) is 5.81. The molecule has 0 aliphatic heterocycles. The summed E-state index contributed by atoms with van der Waals surface area (Å²) in [6, 6.07) is 22.1. The van der Waals surface area contributed by atoms with Crippen LogP contribution in [0.3, 0.4) is 0 Å². The maximum atomic E-state index is 12.7. The zero-order chi connectivity index (χ0) is 19.9. The molecule has 3 amide bonds. The standard InChI is InChI=1S/C22H19N3O3/c1-23-20(26)16-10-7-11-17(14-16)24-22(28)18-12-5-6-13-19(18)25-21(27)15-8-3-2-4-9-15/h2-14H,1H3,(H,23,26)(H,24,28)(H,25,27). The number of para-hydroxylation sites is 1. The number of nitrogens with one attached hydrogen (secondary N) is 3. The van der Waals surface area contributed by atoms with Gasteiger partial charge in [0, 0.05) is 23.9 Å². The van der Waals surface area contributed by atoms with Crippen LogP contribution >= 0.6 is 0 Å². The van der Waals surface area contributed by atoms with Gasteiger partial charge in [-0.2, -0.15) is 0 Å². The number of rotatable bonds is 5. The second-order valence-corrected chi connectivity index (χ2v) is 5.98. The molecule has 6 nitrogen and oxygen atoms in total. The fourth-order valence-electron chi connectivity index (χ4n) is 2.66. The highest BCUT2D eigenvalue weighted by molar-refractivity contribution is 6.12. The molecule has 6 heteroatoms. The minimum Gasteiger partial charge on any atom is -0.355 e. The summed E-state index contributed by atoms with van der Waals surface area (Å²) in [5.41, 5.74) is 2.13. The van der Waals surface area contributed by atoms with Gasteiger partial charge in [0.15, 0.2) is 0 Å². The number of benzene rings is 3. The number of carbonyl (C=O) groups is 3. The van der Waals surface area contributed by atoms with E-state index in [1.165, 1.54) is 0 Å². The number of hydrogen-bond acceptors (Lipinski definition) is 3. The molecule has 0 radical (unpaired) electrons. The second-order valence-electron chi connectivity index (χ2n) is 5.98. The molecule has 0 saturated carbocycles. The molecule has 3 N–H and O–H groups in total. The van der Waals surface area contributed by atoms with Crippen molar-refractivity contribution in [2.75, 3.05) is 17.7 Å². The maximum absolute atomic E-state index is 12.7. The van der Waals surface area contributed by atoms with Crippen LogP contribution in [0.2, 0.25) is 0 Å². The summed E-state index contributed by atoms with van der Waals surface area (Å²) in [5, 5.41) is 8.07. The van der Waals surface area contributed by atoms with Gasteiger partial charge in [-0.1, -0.05) is 36.4 Å². The van der Waals surface area contributed by atoms with Gasteiger partial charge in [0.1, 0.15) is 0 Å². The van der Waals surface area contributed by atoms with Crippen molar-refractivity contribution in [3.8, 4) is 0 Å². The Balaban J connectivity index is 1.80. The van der Waals surface area contributed by atoms with Crippen LogP contribution in [0.5, 0.6) is 0 Å². The first-order valence-electron chi connectivity index (χ1n) is 8.67. The lowest BCUT2D eigenvalue weighted by Gasteiger charge is -2.12. The molecule has 140 valence electrons. The van der Waals surface area contributed by atoms with E-state index in [9.17, 15) is 14.4 Å². The second kappa shape index (κ2) is 8.64. The van der Waals surface area contributed by atoms with Gasteiger partial charge in [-0.25, -0.2) is 0 Å². The van der Waals surface area contributed by atoms with Crippen molar-refractivity contribution in [1.82, 2.24) is 5.32 Å². The molecule has 0 spiro atoms. The Labute approximate surface area is 162 Å². The summed E-state index contributed by atoms with van der Waals surface area (Å²) < 4.78 is 0. The predicted octanol–water partition coefficient (Wildman–Crippen LogP) is 3.55. The Bertz CT molecular complexity index is 1020. The van der Waals surface area contributed by atoms with Gasteiger partial charge in [0.2, 0.25) is 0 Å². The number of hydrogen-bond donors (Lipinski definition) is 3. The summed E-state index contributed by atoms with van der Waals surface area (Å²) in [7, 11) is 1.54. The van der Waals surface area contributed by atoms with Crippen molar-refractivity contribution < 1.29 is 14.4 Å². The average Bonchev–Trinajstić information content (AvgIpc) is 2.74. The summed E-state index contributed by atoms with van der Waals surface area (Å²) in [5.74, 6) is -0.938. The van der Waals surface area contributed by atoms with Crippen LogP contribution in [-0.4, -0.2) is 24.8 Å². The molecule has 0 heterocycles. The van der Waals surface area contributed by atoms with Gasteiger partial charge >= 0.3 is 0 Å². The van der Waals surface area contributed by atoms with Crippen LogP contribution in [-0.2, 0) is 0 Å². The first-order valence-corrected chi connectivity index (χ1v) is 8.67. The van der Waals surface area contributed by atoms with Crippen LogP contribution in [0.15, 0.2) is 78.9 Å². The number of carbonyl (C=O) groups excluding carboxylic acids is 3. The van der Waals surface area contributed by atoms with Crippen molar-refractivity contribution in [2.45, 2.75) is 0 Å². The number of amides is 3. The van der Waals surface area contributed by atoms with E-state index >= 15 is 0 Å². The van der Waals surface area contributed by atoms with E-state index in [2.05, 4.69) is 16.0 Å². The zero-order valence-electron chi connectivity index (χ0n) is 15.2. The highest BCUT2D eigenvalue weighted by Gasteiger charge is 2.15. The molecule has 0 aliphatic carbocycles. The van der Waals surface area contributed by atoms with Gasteiger partial charge in [0.05, 0.1) is 11.3 Å². The first-order chi connectivity index (χ1) is 13.6. The molecular formula is C22H19N3O3. The third-order valence-electron chi connectivity index (χ3n) is 4.07. The fourth-order valence-corrected chi connectivity index (χ4v) is 2.66. The van der Waals surface area contributed by atoms with Crippen molar-refractivity contribution >= 4 is 29.1 Å². The lowest BCUT2D eigenvalue weighted by molar-refractivity contribution is 0.0960. The van der Waals surface area contributed by atoms with E-state index in [1.54, 1.807) is 79.8 Å². The third-order valence-corrected chi connectivity index (χ3v) is 4.07. The molecule has 3 aromatic rings. The summed E-state index contributed by atoms with van der Waals surface area (Å²) in [6.07, 6.45) is 0. The van der Waals surface area contributed by atoms with E-state index in [0.29, 0.717) is 28.1 Å². The minimum absolute atomic E-state index is 0.244. The average molecular weight is 373 g/mol. The van der Waals surface area contributed by atoms with Gasteiger partial charge in [-0.05, 0) is 42.5 Å². The molecule has 0 aliphatic rings. The molecule has 0 aromatic heterocycles. The maximum Gasteiger partial charge on any atom is 0.257 e. The molecule has 0 atom stereocenters. The number of anilines is 2. The highest BCUT2D eigenvalue weighted by Crippen LogP contribution is 2.19. The minimum atomic E-state index is -0.391. The largest absolute Gasteiger partial charge is 0.355 e. The molecule has 0 bridgehead atoms. The quantitative estimate of drug-likeness (QED) is 0.639. The van der Waals surface area contributed by atoms with Crippen LogP contribution in [0.4, 0.5) is 11.4 Å². The molecule has 3 rings (SSSR count). The van der Waals surface area contributed by atoms with Crippen molar-refractivity contribution in [1.29, 1.82) is 0 Å². The molecule has 0 saturated heterocycles. The topological polar surface area (TPSA) is 87.3 Å². The predicted molar refractivity (Wildman–Crippen MR) is 109 cm³/mol. The summed E-state index contributed by atoms with van der Waals surface area (Å²) in [6.45, 7) is 0. The van der Waals surface area contributed by atoms with E-state index in [1.807, 2.05) is 6.07 Å². The highest BCUT2D eigenvalue weighted by atomic mass is 16.2. The van der Waals surface area contributed by atoms with Gasteiger partial charge in [-0.15, -0.1) is 0 Å². The van der Waals surface area contributed by atoms with Crippen LogP contribution in [0.1, 0.15) is 31.1 Å². The first kappa shape index (κ1) is 18.8. The Morgan fingerprint density at radius 1 is 0.643 bits per heavy atom. The van der Waals surface area contributed by atoms with Gasteiger partial charge in [-0.3, -0.25) is 14.4 Å². The van der Waals surface area contributed by atoms with E-state index in [-0.39, 0.29) is 11.8 Å². The fraction of sp³-hybridized carbons (Fsp3) is 0.0455. The molecule has 28 heavy (non-hydrogen) atoms. The SMILES string of the molecule is CNC(=O)c1cccc(NC(=O)c2ccccc2NC(=O)c2ccccc2)c1. The monoisotopic (exact) mass is 373 g/mol. The van der Waals surface area contributed by atoms with Crippen molar-refractivity contribution in [3.05, 3.63) is 95.6 Å². The molecule has 0 fully saturated rings. The Morgan fingerprint density at radius 3 is 2.07 bits per heavy atom. The Hall–Kier alpha value is -3.93. The van der Waals surface area contributed by atoms with Gasteiger partial charge < -0.3 is 16.0 Å². The molecule has 3 aromatic carbocycles. The van der Waals surface area contributed by atoms with Crippen LogP contribution in [0.25, 0.3) is 0 Å². The summed E-state index contributed by atoms with van der Waals surface area (Å²) >= 11 is 0. The summed E-state index contributed by atoms with van der Waals surface area (Å²) in [4.78, 5) is 36.9. The Morgan fingerprint density at radius 2 is 1.32 bits per heavy atom. The zero-order valence-corrected chi connectivity index (χ0v) is 15.2. The van der Waals surface area contributed by atoms with E-state index in [4.69, 9.17) is 0 Å². The lowest BCUT2D eigenvalue weighted by Crippen LogP contribution is -2.19. The van der Waals surface area contributed by atoms with Crippen molar-refractivity contribution in [3.63, 3.8) is 0 Å². The molecular weight excluding hydrogens is 354 g/mol. The normalized spacial score (nSPS) is 10.0. The third kappa shape index (κ3) is 4.42. The van der Waals surface area contributed by atoms with Gasteiger partial charge in [0.25, 0.3) is 17.7 Å². The van der Waals surface area contributed by atoms with Crippen LogP contribution in [0, 0.1) is 0 Å². The van der Waals surface area contributed by atoms with E-state index < -0.39 is 5.91 Å². The molecule has 0 unspecified atom stereocenters. The lowest BCUT2D eigenvalue weighted by atomic mass is 10.1. The van der Waals surface area contributed by atoms with Crippen LogP contribution < -0.4 is 16.0 Å². The van der Waals surface area contributed by atoms with Crippen molar-refractivity contribution in [2.24, 2.45) is 0 Å².